The molecule has 3 heteroatoms. The topological polar surface area (TPSA) is 29.1 Å². The molecule has 0 spiro atoms. The smallest absolute Gasteiger partial charge is 0.121 e. The molecule has 0 aromatic carbocycles. The number of alkyl halides is 1. The molecule has 0 fully saturated rings. The van der Waals surface area contributed by atoms with Crippen LogP contribution in [0.25, 0.3) is 0 Å². The van der Waals surface area contributed by atoms with Gasteiger partial charge in [-0.25, -0.2) is 0 Å². The van der Waals surface area contributed by atoms with Crippen molar-refractivity contribution in [2.75, 3.05) is 12.5 Å². The van der Waals surface area contributed by atoms with E-state index in [1.165, 1.54) is 0 Å². The summed E-state index contributed by atoms with van der Waals surface area (Å²) in [5.74, 6) is 0. The van der Waals surface area contributed by atoms with E-state index in [4.69, 9.17) is 11.6 Å². The highest BCUT2D eigenvalue weighted by atomic mass is 35.5. The number of carbonyl (C=O) groups excluding carboxylic acids is 1. The van der Waals surface area contributed by atoms with Crippen molar-refractivity contribution in [3.8, 4) is 0 Å². The fraction of sp³-hybridized carbons (Fsp3) is 0.750. The van der Waals surface area contributed by atoms with Crippen LogP contribution in [0.3, 0.4) is 0 Å². The van der Waals surface area contributed by atoms with Crippen molar-refractivity contribution in [3.05, 3.63) is 0 Å². The van der Waals surface area contributed by atoms with E-state index in [1.807, 2.05) is 0 Å². The Kier molecular flexibility index (Phi) is 5.85. The molecule has 2 nitrogen and oxygen atoms in total. The van der Waals surface area contributed by atoms with Crippen LogP contribution in [-0.2, 0) is 4.79 Å². The van der Waals surface area contributed by atoms with E-state index >= 15 is 0 Å². The Labute approximate surface area is 47.8 Å². The lowest BCUT2D eigenvalue weighted by Gasteiger charge is -1.89. The number of nitrogens with one attached hydrogen (secondary N) is 1. The molecule has 0 saturated carbocycles. The first-order valence-electron chi connectivity index (χ1n) is 2.12. The van der Waals surface area contributed by atoms with Gasteiger partial charge in [-0.05, 0) is 0 Å². The van der Waals surface area contributed by atoms with Gasteiger partial charge in [0.25, 0.3) is 0 Å². The van der Waals surface area contributed by atoms with Crippen LogP contribution in [0.2, 0.25) is 0 Å². The molecule has 0 aromatic heterocycles. The van der Waals surface area contributed by atoms with Gasteiger partial charge in [0.2, 0.25) is 0 Å². The van der Waals surface area contributed by atoms with E-state index < -0.39 is 0 Å². The second-order valence-electron chi connectivity index (χ2n) is 1.09. The highest BCUT2D eigenvalue weighted by Gasteiger charge is 1.78. The fourth-order valence-corrected chi connectivity index (χ4v) is 0.361. The Morgan fingerprint density at radius 1 is 1.71 bits per heavy atom. The SMILES string of the molecule is O=CCCNCCl. The second kappa shape index (κ2) is 5.92. The number of aldehydes is 1. The highest BCUT2D eigenvalue weighted by molar-refractivity contribution is 6.17. The molecule has 0 amide bonds. The first-order valence-corrected chi connectivity index (χ1v) is 2.65. The van der Waals surface area contributed by atoms with Crippen molar-refractivity contribution in [2.24, 2.45) is 0 Å². The molecule has 0 saturated heterocycles. The molecule has 0 aromatic rings. The quantitative estimate of drug-likeness (QED) is 0.252. The number of hydrogen-bond donors (Lipinski definition) is 1. The molecular weight excluding hydrogens is 114 g/mol. The lowest BCUT2D eigenvalue weighted by molar-refractivity contribution is -0.107. The van der Waals surface area contributed by atoms with E-state index in [0.29, 0.717) is 19.0 Å². The summed E-state index contributed by atoms with van der Waals surface area (Å²) in [4.78, 5) is 9.60. The number of hydrogen-bond acceptors (Lipinski definition) is 2. The zero-order chi connectivity index (χ0) is 5.54. The van der Waals surface area contributed by atoms with Gasteiger partial charge in [-0.2, -0.15) is 0 Å². The lowest BCUT2D eigenvalue weighted by Crippen LogP contribution is -2.12. The maximum absolute atomic E-state index is 9.60. The second-order valence-corrected chi connectivity index (χ2v) is 1.36. The van der Waals surface area contributed by atoms with Gasteiger partial charge in [0, 0.05) is 13.0 Å². The summed E-state index contributed by atoms with van der Waals surface area (Å²) in [6, 6.07) is 0.424. The van der Waals surface area contributed by atoms with Crippen molar-refractivity contribution in [2.45, 2.75) is 6.42 Å². The average Bonchev–Trinajstić information content (AvgIpc) is 1.69. The monoisotopic (exact) mass is 121 g/mol. The molecule has 0 radical (unpaired) electrons. The molecule has 1 N–H and O–H groups in total. The largest absolute Gasteiger partial charge is 0.303 e. The molecular formula is C4H8ClNO. The molecule has 7 heavy (non-hydrogen) atoms. The Morgan fingerprint density at radius 3 is 2.86 bits per heavy atom. The standard InChI is InChI=1S/C4H8ClNO/c5-4-6-2-1-3-7/h3,6H,1-2,4H2. The fourth-order valence-electron chi connectivity index (χ4n) is 0.228. The summed E-state index contributed by atoms with van der Waals surface area (Å²) >= 11 is 5.21. The van der Waals surface area contributed by atoms with Gasteiger partial charge < -0.3 is 10.1 Å². The molecule has 0 atom stereocenters. The number of carbonyl (C=O) groups is 1. The van der Waals surface area contributed by atoms with E-state index in [0.717, 1.165) is 6.29 Å². The lowest BCUT2D eigenvalue weighted by atomic mass is 10.5. The molecule has 0 aliphatic carbocycles. The Morgan fingerprint density at radius 2 is 2.43 bits per heavy atom. The van der Waals surface area contributed by atoms with E-state index in [9.17, 15) is 4.79 Å². The molecule has 0 bridgehead atoms. The van der Waals surface area contributed by atoms with Crippen LogP contribution >= 0.6 is 11.6 Å². The zero-order valence-corrected chi connectivity index (χ0v) is 4.74. The van der Waals surface area contributed by atoms with Crippen LogP contribution in [0.15, 0.2) is 0 Å². The predicted octanol–water partition coefficient (Wildman–Crippen LogP) is 0.361. The summed E-state index contributed by atoms with van der Waals surface area (Å²) < 4.78 is 0. The van der Waals surface area contributed by atoms with Gasteiger partial charge in [0.15, 0.2) is 0 Å². The van der Waals surface area contributed by atoms with Crippen molar-refractivity contribution in [1.82, 2.24) is 5.32 Å². The first-order chi connectivity index (χ1) is 3.41. The van der Waals surface area contributed by atoms with E-state index in [1.54, 1.807) is 0 Å². The first kappa shape index (κ1) is 6.92. The maximum atomic E-state index is 9.60. The van der Waals surface area contributed by atoms with Crippen molar-refractivity contribution < 1.29 is 4.79 Å². The molecule has 0 aliphatic rings. The normalized spacial score (nSPS) is 8.71. The van der Waals surface area contributed by atoms with Gasteiger partial charge in [0.1, 0.15) is 6.29 Å². The van der Waals surface area contributed by atoms with Crippen LogP contribution in [0.4, 0.5) is 0 Å². The third kappa shape index (κ3) is 5.92. The average molecular weight is 122 g/mol. The van der Waals surface area contributed by atoms with Crippen LogP contribution < -0.4 is 5.32 Å². The molecule has 42 valence electrons. The van der Waals surface area contributed by atoms with Crippen LogP contribution in [-0.4, -0.2) is 18.8 Å². The minimum Gasteiger partial charge on any atom is -0.303 e. The van der Waals surface area contributed by atoms with Crippen molar-refractivity contribution in [1.29, 1.82) is 0 Å². The molecule has 0 unspecified atom stereocenters. The van der Waals surface area contributed by atoms with Crippen LogP contribution in [0, 0.1) is 0 Å². The summed E-state index contributed by atoms with van der Waals surface area (Å²) in [6.07, 6.45) is 1.41. The van der Waals surface area contributed by atoms with Gasteiger partial charge in [-0.15, -0.1) is 11.6 Å². The summed E-state index contributed by atoms with van der Waals surface area (Å²) in [7, 11) is 0. The summed E-state index contributed by atoms with van der Waals surface area (Å²) in [5, 5.41) is 2.78. The predicted molar refractivity (Wildman–Crippen MR) is 29.4 cm³/mol. The van der Waals surface area contributed by atoms with Gasteiger partial charge >= 0.3 is 0 Å². The van der Waals surface area contributed by atoms with Gasteiger partial charge in [-0.1, -0.05) is 0 Å². The Hall–Kier alpha value is -0.0800. The summed E-state index contributed by atoms with van der Waals surface area (Å²) in [6.45, 7) is 0.688. The third-order valence-electron chi connectivity index (χ3n) is 0.533. The maximum Gasteiger partial charge on any atom is 0.121 e. The molecule has 0 aliphatic heterocycles. The van der Waals surface area contributed by atoms with E-state index in [2.05, 4.69) is 5.32 Å². The van der Waals surface area contributed by atoms with Crippen LogP contribution in [0.1, 0.15) is 6.42 Å². The van der Waals surface area contributed by atoms with Gasteiger partial charge in [-0.3, -0.25) is 0 Å². The summed E-state index contributed by atoms with van der Waals surface area (Å²) in [5.41, 5.74) is 0. The Balaban J connectivity index is 2.56. The minimum absolute atomic E-state index is 0.424. The molecule has 0 rings (SSSR count). The third-order valence-corrected chi connectivity index (χ3v) is 0.722. The highest BCUT2D eigenvalue weighted by Crippen LogP contribution is 1.68. The molecule has 0 heterocycles. The van der Waals surface area contributed by atoms with Crippen molar-refractivity contribution in [3.63, 3.8) is 0 Å². The number of halogens is 1. The van der Waals surface area contributed by atoms with Crippen molar-refractivity contribution >= 4 is 17.9 Å². The Bertz CT molecular complexity index is 49.0. The van der Waals surface area contributed by atoms with E-state index in [-0.39, 0.29) is 0 Å². The minimum atomic E-state index is 0.424. The van der Waals surface area contributed by atoms with Gasteiger partial charge in [0.05, 0.1) is 6.00 Å². The van der Waals surface area contributed by atoms with Crippen LogP contribution in [0.5, 0.6) is 0 Å². The number of rotatable bonds is 4. The zero-order valence-electron chi connectivity index (χ0n) is 3.98.